The van der Waals surface area contributed by atoms with E-state index in [0.29, 0.717) is 12.1 Å². The molecular weight excluding hydrogens is 150 g/mol. The number of pyridine rings is 1. The molecule has 0 bridgehead atoms. The average molecular weight is 163 g/mol. The molecule has 1 fully saturated rings. The number of nitrogens with zero attached hydrogens (tertiary/aromatic N) is 1. The molecular formula is C9H13N3. The monoisotopic (exact) mass is 163 g/mol. The van der Waals surface area contributed by atoms with Crippen molar-refractivity contribution < 1.29 is 0 Å². The minimum Gasteiger partial charge on any atom is -0.326 e. The summed E-state index contributed by atoms with van der Waals surface area (Å²) in [6.45, 7) is 0.916. The molecule has 1 saturated heterocycles. The van der Waals surface area contributed by atoms with E-state index in [1.807, 2.05) is 12.3 Å². The van der Waals surface area contributed by atoms with Crippen LogP contribution in [0.15, 0.2) is 24.5 Å². The fourth-order valence-corrected chi connectivity index (χ4v) is 1.60. The number of nitrogens with one attached hydrogen (secondary N) is 1. The van der Waals surface area contributed by atoms with Crippen LogP contribution in [-0.2, 0) is 0 Å². The van der Waals surface area contributed by atoms with Gasteiger partial charge in [-0.2, -0.15) is 0 Å². The van der Waals surface area contributed by atoms with E-state index in [4.69, 9.17) is 5.73 Å². The van der Waals surface area contributed by atoms with Gasteiger partial charge >= 0.3 is 0 Å². The topological polar surface area (TPSA) is 50.9 Å². The summed E-state index contributed by atoms with van der Waals surface area (Å²) in [5.74, 6) is 0. The van der Waals surface area contributed by atoms with Crippen LogP contribution in [0.3, 0.4) is 0 Å². The van der Waals surface area contributed by atoms with E-state index in [0.717, 1.165) is 13.0 Å². The molecule has 12 heavy (non-hydrogen) atoms. The lowest BCUT2D eigenvalue weighted by Crippen LogP contribution is -2.22. The van der Waals surface area contributed by atoms with Crippen molar-refractivity contribution in [2.75, 3.05) is 6.54 Å². The fourth-order valence-electron chi connectivity index (χ4n) is 1.60. The third-order valence-corrected chi connectivity index (χ3v) is 2.25. The summed E-state index contributed by atoms with van der Waals surface area (Å²) in [5.41, 5.74) is 7.02. The van der Waals surface area contributed by atoms with Gasteiger partial charge in [-0.15, -0.1) is 0 Å². The molecule has 3 nitrogen and oxygen atoms in total. The van der Waals surface area contributed by atoms with Gasteiger partial charge in [0.05, 0.1) is 0 Å². The van der Waals surface area contributed by atoms with Crippen molar-refractivity contribution in [2.45, 2.75) is 18.5 Å². The Morgan fingerprint density at radius 2 is 2.50 bits per heavy atom. The van der Waals surface area contributed by atoms with Crippen molar-refractivity contribution in [3.8, 4) is 0 Å². The summed E-state index contributed by atoms with van der Waals surface area (Å²) in [4.78, 5) is 4.07. The maximum absolute atomic E-state index is 5.78. The number of hydrogen-bond acceptors (Lipinski definition) is 3. The van der Waals surface area contributed by atoms with Crippen molar-refractivity contribution in [3.63, 3.8) is 0 Å². The molecule has 64 valence electrons. The molecule has 2 rings (SSSR count). The van der Waals surface area contributed by atoms with Gasteiger partial charge in [-0.3, -0.25) is 4.98 Å². The van der Waals surface area contributed by atoms with E-state index in [-0.39, 0.29) is 0 Å². The van der Waals surface area contributed by atoms with Crippen LogP contribution in [0, 0.1) is 0 Å². The lowest BCUT2D eigenvalue weighted by Gasteiger charge is -2.08. The Morgan fingerprint density at radius 3 is 3.08 bits per heavy atom. The zero-order valence-corrected chi connectivity index (χ0v) is 6.90. The number of hydrogen-bond donors (Lipinski definition) is 2. The highest BCUT2D eigenvalue weighted by atomic mass is 15.0. The summed E-state index contributed by atoms with van der Waals surface area (Å²) in [6, 6.07) is 4.76. The van der Waals surface area contributed by atoms with E-state index in [1.54, 1.807) is 6.20 Å². The molecule has 0 amide bonds. The predicted octanol–water partition coefficient (Wildman–Crippen LogP) is 0.443. The zero-order valence-electron chi connectivity index (χ0n) is 6.90. The maximum atomic E-state index is 5.78. The molecule has 1 aliphatic heterocycles. The van der Waals surface area contributed by atoms with Crippen LogP contribution in [0.25, 0.3) is 0 Å². The molecule has 2 heterocycles. The van der Waals surface area contributed by atoms with Gasteiger partial charge in [0.25, 0.3) is 0 Å². The van der Waals surface area contributed by atoms with Gasteiger partial charge in [0.15, 0.2) is 0 Å². The van der Waals surface area contributed by atoms with E-state index in [1.165, 1.54) is 5.56 Å². The van der Waals surface area contributed by atoms with Crippen molar-refractivity contribution in [3.05, 3.63) is 30.1 Å². The normalized spacial score (nSPS) is 29.1. The third kappa shape index (κ3) is 1.47. The van der Waals surface area contributed by atoms with E-state index in [9.17, 15) is 0 Å². The quantitative estimate of drug-likeness (QED) is 0.631. The van der Waals surface area contributed by atoms with Crippen LogP contribution in [0.4, 0.5) is 0 Å². The van der Waals surface area contributed by atoms with Crippen LogP contribution >= 0.6 is 0 Å². The molecule has 3 heteroatoms. The first-order valence-electron chi connectivity index (χ1n) is 4.25. The number of aromatic nitrogens is 1. The summed E-state index contributed by atoms with van der Waals surface area (Å²) < 4.78 is 0. The second-order valence-electron chi connectivity index (χ2n) is 3.24. The van der Waals surface area contributed by atoms with Gasteiger partial charge in [-0.1, -0.05) is 6.07 Å². The summed E-state index contributed by atoms with van der Waals surface area (Å²) in [5, 5.41) is 3.36. The van der Waals surface area contributed by atoms with Crippen LogP contribution in [0.5, 0.6) is 0 Å². The van der Waals surface area contributed by atoms with E-state index >= 15 is 0 Å². The van der Waals surface area contributed by atoms with Crippen molar-refractivity contribution in [1.29, 1.82) is 0 Å². The SMILES string of the molecule is NC1CNC(c2cccnc2)C1. The second kappa shape index (κ2) is 3.21. The largest absolute Gasteiger partial charge is 0.326 e. The number of nitrogens with two attached hydrogens (primary N) is 1. The smallest absolute Gasteiger partial charge is 0.0351 e. The lowest BCUT2D eigenvalue weighted by atomic mass is 10.1. The zero-order chi connectivity index (χ0) is 8.39. The minimum atomic E-state index is 0.301. The highest BCUT2D eigenvalue weighted by molar-refractivity contribution is 5.15. The van der Waals surface area contributed by atoms with Gasteiger partial charge in [-0.05, 0) is 18.1 Å². The molecule has 3 N–H and O–H groups in total. The molecule has 0 aromatic carbocycles. The van der Waals surface area contributed by atoms with Gasteiger partial charge in [0.1, 0.15) is 0 Å². The van der Waals surface area contributed by atoms with Gasteiger partial charge in [0.2, 0.25) is 0 Å². The predicted molar refractivity (Wildman–Crippen MR) is 47.6 cm³/mol. The van der Waals surface area contributed by atoms with Crippen LogP contribution in [0.2, 0.25) is 0 Å². The van der Waals surface area contributed by atoms with E-state index < -0.39 is 0 Å². The van der Waals surface area contributed by atoms with Crippen molar-refractivity contribution in [2.24, 2.45) is 5.73 Å². The highest BCUT2D eigenvalue weighted by Gasteiger charge is 2.21. The molecule has 2 atom stereocenters. The Morgan fingerprint density at radius 1 is 1.58 bits per heavy atom. The number of rotatable bonds is 1. The van der Waals surface area contributed by atoms with Crippen LogP contribution in [-0.4, -0.2) is 17.6 Å². The average Bonchev–Trinajstić information content (AvgIpc) is 2.54. The molecule has 0 spiro atoms. The summed E-state index contributed by atoms with van der Waals surface area (Å²) in [6.07, 6.45) is 4.71. The Bertz CT molecular complexity index is 247. The van der Waals surface area contributed by atoms with Crippen molar-refractivity contribution >= 4 is 0 Å². The van der Waals surface area contributed by atoms with Gasteiger partial charge < -0.3 is 11.1 Å². The Labute approximate surface area is 72.0 Å². The van der Waals surface area contributed by atoms with Crippen LogP contribution < -0.4 is 11.1 Å². The summed E-state index contributed by atoms with van der Waals surface area (Å²) in [7, 11) is 0. The Balaban J connectivity index is 2.11. The second-order valence-corrected chi connectivity index (χ2v) is 3.24. The molecule has 1 aromatic rings. The molecule has 0 aliphatic carbocycles. The first-order valence-corrected chi connectivity index (χ1v) is 4.25. The van der Waals surface area contributed by atoms with Crippen molar-refractivity contribution in [1.82, 2.24) is 10.3 Å². The van der Waals surface area contributed by atoms with Gasteiger partial charge in [0, 0.05) is 31.0 Å². The van der Waals surface area contributed by atoms with Crippen LogP contribution in [0.1, 0.15) is 18.0 Å². The first kappa shape index (κ1) is 7.71. The lowest BCUT2D eigenvalue weighted by molar-refractivity contribution is 0.637. The molecule has 1 aliphatic rings. The first-order chi connectivity index (χ1) is 5.86. The third-order valence-electron chi connectivity index (χ3n) is 2.25. The highest BCUT2D eigenvalue weighted by Crippen LogP contribution is 2.20. The molecule has 2 unspecified atom stereocenters. The maximum Gasteiger partial charge on any atom is 0.0351 e. The minimum absolute atomic E-state index is 0.301. The standard InChI is InChI=1S/C9H13N3/c10-8-4-9(12-6-8)7-2-1-3-11-5-7/h1-3,5,8-9,12H,4,6,10H2. The Hall–Kier alpha value is -0.930. The molecule has 0 radical (unpaired) electrons. The summed E-state index contributed by atoms with van der Waals surface area (Å²) >= 11 is 0. The Kier molecular flexibility index (Phi) is 2.06. The molecule has 1 aromatic heterocycles. The fraction of sp³-hybridized carbons (Fsp3) is 0.444. The van der Waals surface area contributed by atoms with E-state index in [2.05, 4.69) is 16.4 Å². The van der Waals surface area contributed by atoms with Gasteiger partial charge in [-0.25, -0.2) is 0 Å². The molecule has 0 saturated carbocycles.